The average molecular weight is 643 g/mol. The third-order valence-corrected chi connectivity index (χ3v) is 8.51. The van der Waals surface area contributed by atoms with Gasteiger partial charge in [0, 0.05) is 12.8 Å². The molecule has 0 saturated carbocycles. The topological polar surface area (TPSA) is 63.6 Å². The molecule has 46 heavy (non-hydrogen) atoms. The fraction of sp³-hybridized carbons (Fsp3) is 0.762. The third kappa shape index (κ3) is 36.4. The lowest BCUT2D eigenvalue weighted by molar-refractivity contribution is -0.147. The van der Waals surface area contributed by atoms with E-state index in [-0.39, 0.29) is 18.5 Å². The summed E-state index contributed by atoms with van der Waals surface area (Å²) < 4.78 is 5.90. The zero-order valence-electron chi connectivity index (χ0n) is 30.4. The third-order valence-electron chi connectivity index (χ3n) is 8.51. The molecule has 0 bridgehead atoms. The largest absolute Gasteiger partial charge is 0.481 e. The standard InChI is InChI=1S/C42H74O4/c1-3-5-7-9-11-13-14-15-16-17-18-19-20-21-22-23-25-31-35-39-42(45)46-40(36-32-28-24-12-10-8-6-4-2)37-33-29-26-27-30-34-38-41(43)44/h11-13,15-16,24,32,36,40H,3-10,14,17-23,25-31,33-35,37-39H2,1-2H3,(H,43,44)/b13-11-,16-15-,24-12-,36-32-. The van der Waals surface area contributed by atoms with E-state index in [9.17, 15) is 9.59 Å². The van der Waals surface area contributed by atoms with Crippen molar-refractivity contribution in [3.63, 3.8) is 0 Å². The number of carboxylic acid groups (broad SMARTS) is 1. The Balaban J connectivity index is 4.01. The summed E-state index contributed by atoms with van der Waals surface area (Å²) in [6.45, 7) is 4.48. The Labute approximate surface area is 285 Å². The summed E-state index contributed by atoms with van der Waals surface area (Å²) >= 11 is 0. The maximum Gasteiger partial charge on any atom is 0.306 e. The molecule has 0 rings (SSSR count). The summed E-state index contributed by atoms with van der Waals surface area (Å²) in [5, 5.41) is 8.77. The molecule has 0 fully saturated rings. The molecule has 0 aromatic carbocycles. The molecule has 0 aromatic rings. The summed E-state index contributed by atoms with van der Waals surface area (Å²) in [4.78, 5) is 23.3. The minimum absolute atomic E-state index is 0.0597. The minimum atomic E-state index is -0.704. The summed E-state index contributed by atoms with van der Waals surface area (Å²) in [6, 6.07) is 0. The van der Waals surface area contributed by atoms with Crippen molar-refractivity contribution in [1.82, 2.24) is 0 Å². The lowest BCUT2D eigenvalue weighted by Gasteiger charge is -2.14. The monoisotopic (exact) mass is 643 g/mol. The lowest BCUT2D eigenvalue weighted by Crippen LogP contribution is -2.16. The smallest absolute Gasteiger partial charge is 0.306 e. The van der Waals surface area contributed by atoms with E-state index in [4.69, 9.17) is 9.84 Å². The Morgan fingerprint density at radius 1 is 0.500 bits per heavy atom. The van der Waals surface area contributed by atoms with Crippen molar-refractivity contribution in [2.75, 3.05) is 0 Å². The van der Waals surface area contributed by atoms with Crippen molar-refractivity contribution in [3.05, 3.63) is 48.6 Å². The van der Waals surface area contributed by atoms with Crippen molar-refractivity contribution in [3.8, 4) is 0 Å². The highest BCUT2D eigenvalue weighted by molar-refractivity contribution is 5.69. The van der Waals surface area contributed by atoms with E-state index in [1.165, 1.54) is 96.3 Å². The molecule has 0 aliphatic heterocycles. The Morgan fingerprint density at radius 3 is 1.41 bits per heavy atom. The van der Waals surface area contributed by atoms with Gasteiger partial charge in [-0.1, -0.05) is 153 Å². The van der Waals surface area contributed by atoms with Gasteiger partial charge in [-0.3, -0.25) is 9.59 Å². The number of carbonyl (C=O) groups is 2. The first kappa shape index (κ1) is 43.9. The average Bonchev–Trinajstić information content (AvgIpc) is 3.04. The highest BCUT2D eigenvalue weighted by Crippen LogP contribution is 2.16. The number of rotatable bonds is 35. The number of hydrogen-bond donors (Lipinski definition) is 1. The predicted molar refractivity (Wildman–Crippen MR) is 199 cm³/mol. The molecule has 0 aromatic heterocycles. The van der Waals surface area contributed by atoms with E-state index >= 15 is 0 Å². The molecule has 4 nitrogen and oxygen atoms in total. The maximum absolute atomic E-state index is 12.6. The van der Waals surface area contributed by atoms with Crippen molar-refractivity contribution in [2.45, 2.75) is 206 Å². The van der Waals surface area contributed by atoms with Gasteiger partial charge in [0.1, 0.15) is 6.10 Å². The number of carboxylic acids is 1. The number of esters is 1. The van der Waals surface area contributed by atoms with Gasteiger partial charge in [-0.2, -0.15) is 0 Å². The number of aliphatic carboxylic acids is 1. The summed E-state index contributed by atoms with van der Waals surface area (Å²) in [5.74, 6) is -0.764. The first-order valence-corrected chi connectivity index (χ1v) is 19.6. The van der Waals surface area contributed by atoms with Crippen LogP contribution in [0.15, 0.2) is 48.6 Å². The second kappa shape index (κ2) is 37.4. The van der Waals surface area contributed by atoms with Crippen LogP contribution in [0.2, 0.25) is 0 Å². The minimum Gasteiger partial charge on any atom is -0.481 e. The SMILES string of the molecule is CCCCC/C=C\C/C=C\CCCCCCCCCCCC(=O)OC(/C=C\C/C=C\CCCCC)CCCCCCCCC(=O)O. The van der Waals surface area contributed by atoms with Crippen molar-refractivity contribution in [1.29, 1.82) is 0 Å². The maximum atomic E-state index is 12.6. The van der Waals surface area contributed by atoms with Crippen molar-refractivity contribution < 1.29 is 19.4 Å². The van der Waals surface area contributed by atoms with Crippen LogP contribution in [0.3, 0.4) is 0 Å². The summed E-state index contributed by atoms with van der Waals surface area (Å²) in [5.41, 5.74) is 0. The van der Waals surface area contributed by atoms with E-state index in [2.05, 4.69) is 62.5 Å². The summed E-state index contributed by atoms with van der Waals surface area (Å²) in [7, 11) is 0. The van der Waals surface area contributed by atoms with E-state index in [0.29, 0.717) is 6.42 Å². The molecule has 266 valence electrons. The number of unbranched alkanes of at least 4 members (excludes halogenated alkanes) is 20. The molecule has 0 saturated heterocycles. The molecule has 0 aliphatic rings. The van der Waals surface area contributed by atoms with Gasteiger partial charge in [-0.25, -0.2) is 0 Å². The van der Waals surface area contributed by atoms with Crippen LogP contribution >= 0.6 is 0 Å². The molecule has 0 amide bonds. The Hall–Kier alpha value is -2.10. The highest BCUT2D eigenvalue weighted by Gasteiger charge is 2.11. The van der Waals surface area contributed by atoms with Crippen LogP contribution in [0.5, 0.6) is 0 Å². The summed E-state index contributed by atoms with van der Waals surface area (Å²) in [6.07, 6.45) is 50.0. The van der Waals surface area contributed by atoms with Gasteiger partial charge >= 0.3 is 11.9 Å². The number of ether oxygens (including phenoxy) is 1. The van der Waals surface area contributed by atoms with Gasteiger partial charge in [0.2, 0.25) is 0 Å². The highest BCUT2D eigenvalue weighted by atomic mass is 16.5. The predicted octanol–water partition coefficient (Wildman–Crippen LogP) is 13.6. The zero-order valence-corrected chi connectivity index (χ0v) is 30.4. The van der Waals surface area contributed by atoms with Gasteiger partial charge in [0.25, 0.3) is 0 Å². The van der Waals surface area contributed by atoms with E-state index in [0.717, 1.165) is 77.0 Å². The molecule has 1 unspecified atom stereocenters. The van der Waals surface area contributed by atoms with E-state index in [1.54, 1.807) is 0 Å². The van der Waals surface area contributed by atoms with Crippen LogP contribution < -0.4 is 0 Å². The molecule has 0 heterocycles. The molecular formula is C42H74O4. The zero-order chi connectivity index (χ0) is 33.6. The Bertz CT molecular complexity index is 779. The second-order valence-corrected chi connectivity index (χ2v) is 13.1. The van der Waals surface area contributed by atoms with Crippen molar-refractivity contribution >= 4 is 11.9 Å². The fourth-order valence-electron chi connectivity index (χ4n) is 5.57. The van der Waals surface area contributed by atoms with Gasteiger partial charge in [0.15, 0.2) is 0 Å². The molecule has 0 aliphatic carbocycles. The van der Waals surface area contributed by atoms with Gasteiger partial charge in [0.05, 0.1) is 0 Å². The quantitative estimate of drug-likeness (QED) is 0.0424. The molecule has 1 N–H and O–H groups in total. The second-order valence-electron chi connectivity index (χ2n) is 13.1. The Kier molecular flexibility index (Phi) is 35.7. The molecule has 0 spiro atoms. The van der Waals surface area contributed by atoms with Crippen LogP contribution in [-0.2, 0) is 14.3 Å². The van der Waals surface area contributed by atoms with Crippen molar-refractivity contribution in [2.24, 2.45) is 0 Å². The molecule has 0 radical (unpaired) electrons. The van der Waals surface area contributed by atoms with Crippen LogP contribution in [0.4, 0.5) is 0 Å². The number of hydrogen-bond acceptors (Lipinski definition) is 3. The van der Waals surface area contributed by atoms with Gasteiger partial charge in [-0.05, 0) is 83.1 Å². The van der Waals surface area contributed by atoms with Gasteiger partial charge in [-0.15, -0.1) is 0 Å². The Morgan fingerprint density at radius 2 is 0.913 bits per heavy atom. The molecule has 4 heteroatoms. The number of allylic oxidation sites excluding steroid dienone is 7. The molecular weight excluding hydrogens is 568 g/mol. The number of carbonyl (C=O) groups excluding carboxylic acids is 1. The fourth-order valence-corrected chi connectivity index (χ4v) is 5.57. The normalized spacial score (nSPS) is 12.7. The van der Waals surface area contributed by atoms with Crippen LogP contribution in [0, 0.1) is 0 Å². The van der Waals surface area contributed by atoms with Crippen LogP contribution in [0.25, 0.3) is 0 Å². The molecule has 1 atom stereocenters. The van der Waals surface area contributed by atoms with E-state index < -0.39 is 5.97 Å². The first-order chi connectivity index (χ1) is 22.6. The first-order valence-electron chi connectivity index (χ1n) is 19.6. The lowest BCUT2D eigenvalue weighted by atomic mass is 10.0. The van der Waals surface area contributed by atoms with Crippen LogP contribution in [-0.4, -0.2) is 23.1 Å². The van der Waals surface area contributed by atoms with Crippen LogP contribution in [0.1, 0.15) is 200 Å². The van der Waals surface area contributed by atoms with Gasteiger partial charge < -0.3 is 9.84 Å². The van der Waals surface area contributed by atoms with E-state index in [1.807, 2.05) is 0 Å².